The summed E-state index contributed by atoms with van der Waals surface area (Å²) in [4.78, 5) is 29.3. The minimum absolute atomic E-state index is 0.0564. The van der Waals surface area contributed by atoms with Crippen LogP contribution < -0.4 is 11.3 Å². The zero-order valence-corrected chi connectivity index (χ0v) is 10.8. The van der Waals surface area contributed by atoms with E-state index in [0.717, 1.165) is 5.39 Å². The first-order valence-electron chi connectivity index (χ1n) is 6.13. The van der Waals surface area contributed by atoms with E-state index in [-0.39, 0.29) is 17.2 Å². The van der Waals surface area contributed by atoms with Crippen LogP contribution in [-0.4, -0.2) is 21.0 Å². The second-order valence-electron chi connectivity index (χ2n) is 4.49. The van der Waals surface area contributed by atoms with Crippen molar-refractivity contribution in [3.63, 3.8) is 0 Å². The number of nitrogens with one attached hydrogen (secondary N) is 1. The number of fused-ring (bicyclic) bond motifs is 1. The zero-order chi connectivity index (χ0) is 15.0. The third kappa shape index (κ3) is 2.25. The van der Waals surface area contributed by atoms with Crippen LogP contribution in [0.2, 0.25) is 0 Å². The number of aromatic nitrogens is 2. The molecule has 0 aliphatic heterocycles. The van der Waals surface area contributed by atoms with Crippen LogP contribution in [0.3, 0.4) is 0 Å². The van der Waals surface area contributed by atoms with Gasteiger partial charge in [-0.25, -0.2) is 4.98 Å². The molecule has 0 saturated carbocycles. The fourth-order valence-corrected chi connectivity index (χ4v) is 2.13. The molecular formula is C14H11N3O4. The Kier molecular flexibility index (Phi) is 2.94. The number of hydrogen-bond donors (Lipinski definition) is 3. The maximum atomic E-state index is 12.0. The van der Waals surface area contributed by atoms with Crippen molar-refractivity contribution in [2.75, 3.05) is 5.73 Å². The first-order chi connectivity index (χ1) is 10.1. The Bertz CT molecular complexity index is 895. The van der Waals surface area contributed by atoms with Gasteiger partial charge < -0.3 is 20.2 Å². The summed E-state index contributed by atoms with van der Waals surface area (Å²) in [5.41, 5.74) is 6.32. The Morgan fingerprint density at radius 1 is 1.38 bits per heavy atom. The maximum absolute atomic E-state index is 12.0. The summed E-state index contributed by atoms with van der Waals surface area (Å²) < 4.78 is 5.38. The number of benzene rings is 1. The van der Waals surface area contributed by atoms with E-state index in [1.165, 1.54) is 6.26 Å². The van der Waals surface area contributed by atoms with Gasteiger partial charge in [0, 0.05) is 5.39 Å². The molecule has 2 aromatic heterocycles. The number of carboxylic acid groups (broad SMARTS) is 1. The highest BCUT2D eigenvalue weighted by molar-refractivity contribution is 5.92. The number of aliphatic carboxylic acids is 1. The number of H-pyrrole nitrogens is 1. The summed E-state index contributed by atoms with van der Waals surface area (Å²) in [5.74, 6) is -0.992. The molecule has 0 spiro atoms. The second-order valence-corrected chi connectivity index (χ2v) is 4.49. The molecule has 21 heavy (non-hydrogen) atoms. The van der Waals surface area contributed by atoms with Crippen LogP contribution in [-0.2, 0) is 11.2 Å². The molecule has 7 nitrogen and oxygen atoms in total. The molecule has 3 aromatic rings. The number of furan rings is 1. The Hall–Kier alpha value is -3.09. The normalized spacial score (nSPS) is 10.9. The molecule has 0 aliphatic carbocycles. The SMILES string of the molecule is Nc1nc(-c2coc3ccccc23)[nH]c(=O)c1CC(=O)O. The standard InChI is InChI=1S/C14H11N3O4/c15-12-8(5-11(18)19)14(20)17-13(16-12)9-6-21-10-4-2-1-3-7(9)10/h1-4,6H,5H2,(H,18,19)(H3,15,16,17,20). The third-order valence-electron chi connectivity index (χ3n) is 3.11. The molecule has 0 unspecified atom stereocenters. The quantitative estimate of drug-likeness (QED) is 0.668. The average Bonchev–Trinajstić information content (AvgIpc) is 2.86. The van der Waals surface area contributed by atoms with Gasteiger partial charge >= 0.3 is 5.97 Å². The van der Waals surface area contributed by atoms with Crippen molar-refractivity contribution in [2.45, 2.75) is 6.42 Å². The number of carbonyl (C=O) groups is 1. The molecule has 7 heteroatoms. The van der Waals surface area contributed by atoms with E-state index in [4.69, 9.17) is 15.3 Å². The first-order valence-corrected chi connectivity index (χ1v) is 6.13. The highest BCUT2D eigenvalue weighted by atomic mass is 16.4. The van der Waals surface area contributed by atoms with E-state index in [0.29, 0.717) is 11.1 Å². The van der Waals surface area contributed by atoms with Crippen LogP contribution in [0.5, 0.6) is 0 Å². The van der Waals surface area contributed by atoms with E-state index in [9.17, 15) is 9.59 Å². The Morgan fingerprint density at radius 3 is 2.86 bits per heavy atom. The summed E-state index contributed by atoms with van der Waals surface area (Å²) in [6.45, 7) is 0. The van der Waals surface area contributed by atoms with E-state index in [1.54, 1.807) is 6.07 Å². The lowest BCUT2D eigenvalue weighted by atomic mass is 10.1. The summed E-state index contributed by atoms with van der Waals surface area (Å²) in [6, 6.07) is 7.28. The lowest BCUT2D eigenvalue weighted by Crippen LogP contribution is -2.20. The first kappa shape index (κ1) is 12.9. The molecular weight excluding hydrogens is 274 g/mol. The van der Waals surface area contributed by atoms with Crippen molar-refractivity contribution in [3.05, 3.63) is 46.4 Å². The van der Waals surface area contributed by atoms with Gasteiger partial charge in [0.1, 0.15) is 23.5 Å². The van der Waals surface area contributed by atoms with Gasteiger partial charge in [0.25, 0.3) is 5.56 Å². The molecule has 2 heterocycles. The smallest absolute Gasteiger partial charge is 0.308 e. The third-order valence-corrected chi connectivity index (χ3v) is 3.11. The number of para-hydroxylation sites is 1. The highest BCUT2D eigenvalue weighted by Crippen LogP contribution is 2.28. The molecule has 0 amide bonds. The Labute approximate surface area is 118 Å². The molecule has 106 valence electrons. The predicted octanol–water partition coefficient (Wildman–Crippen LogP) is 1.39. The summed E-state index contributed by atoms with van der Waals surface area (Å²) in [5, 5.41) is 9.54. The van der Waals surface area contributed by atoms with Gasteiger partial charge in [-0.3, -0.25) is 9.59 Å². The van der Waals surface area contributed by atoms with Gasteiger partial charge in [0.05, 0.1) is 17.5 Å². The summed E-state index contributed by atoms with van der Waals surface area (Å²) >= 11 is 0. The van der Waals surface area contributed by atoms with Gasteiger partial charge in [-0.15, -0.1) is 0 Å². The topological polar surface area (TPSA) is 122 Å². The number of nitrogen functional groups attached to an aromatic ring is 1. The maximum Gasteiger partial charge on any atom is 0.308 e. The largest absolute Gasteiger partial charge is 0.481 e. The van der Waals surface area contributed by atoms with Crippen molar-refractivity contribution < 1.29 is 14.3 Å². The molecule has 0 fully saturated rings. The predicted molar refractivity (Wildman–Crippen MR) is 75.8 cm³/mol. The van der Waals surface area contributed by atoms with Gasteiger partial charge in [0.2, 0.25) is 0 Å². The van der Waals surface area contributed by atoms with E-state index < -0.39 is 17.9 Å². The molecule has 0 radical (unpaired) electrons. The van der Waals surface area contributed by atoms with Crippen LogP contribution in [0.4, 0.5) is 5.82 Å². The minimum atomic E-state index is -1.14. The molecule has 3 rings (SSSR count). The lowest BCUT2D eigenvalue weighted by molar-refractivity contribution is -0.136. The van der Waals surface area contributed by atoms with Gasteiger partial charge in [-0.1, -0.05) is 18.2 Å². The summed E-state index contributed by atoms with van der Waals surface area (Å²) in [6.07, 6.45) is 1.000. The number of carboxylic acids is 1. The zero-order valence-electron chi connectivity index (χ0n) is 10.8. The number of anilines is 1. The summed E-state index contributed by atoms with van der Waals surface area (Å²) in [7, 11) is 0. The van der Waals surface area contributed by atoms with Crippen LogP contribution >= 0.6 is 0 Å². The Balaban J connectivity index is 2.16. The molecule has 1 aromatic carbocycles. The van der Waals surface area contributed by atoms with Gasteiger partial charge in [-0.2, -0.15) is 0 Å². The van der Waals surface area contributed by atoms with Gasteiger partial charge in [-0.05, 0) is 6.07 Å². The van der Waals surface area contributed by atoms with Crippen molar-refractivity contribution >= 4 is 22.8 Å². The van der Waals surface area contributed by atoms with Crippen molar-refractivity contribution in [3.8, 4) is 11.4 Å². The monoisotopic (exact) mass is 285 g/mol. The number of rotatable bonds is 3. The van der Waals surface area contributed by atoms with Crippen molar-refractivity contribution in [1.29, 1.82) is 0 Å². The van der Waals surface area contributed by atoms with Crippen LogP contribution in [0, 0.1) is 0 Å². The molecule has 0 bridgehead atoms. The second kappa shape index (κ2) is 4.78. The number of hydrogen-bond acceptors (Lipinski definition) is 5. The molecule has 0 saturated heterocycles. The van der Waals surface area contributed by atoms with E-state index in [1.807, 2.05) is 18.2 Å². The fraction of sp³-hybridized carbons (Fsp3) is 0.0714. The minimum Gasteiger partial charge on any atom is -0.481 e. The highest BCUT2D eigenvalue weighted by Gasteiger charge is 2.15. The molecule has 0 atom stereocenters. The van der Waals surface area contributed by atoms with Crippen molar-refractivity contribution in [1.82, 2.24) is 9.97 Å². The lowest BCUT2D eigenvalue weighted by Gasteiger charge is -2.04. The van der Waals surface area contributed by atoms with Crippen molar-refractivity contribution in [2.24, 2.45) is 0 Å². The van der Waals surface area contributed by atoms with Crippen LogP contribution in [0.1, 0.15) is 5.56 Å². The van der Waals surface area contributed by atoms with E-state index >= 15 is 0 Å². The number of nitrogens with zero attached hydrogens (tertiary/aromatic N) is 1. The van der Waals surface area contributed by atoms with E-state index in [2.05, 4.69) is 9.97 Å². The number of aromatic amines is 1. The van der Waals surface area contributed by atoms with Crippen LogP contribution in [0.25, 0.3) is 22.4 Å². The van der Waals surface area contributed by atoms with Gasteiger partial charge in [0.15, 0.2) is 0 Å². The molecule has 4 N–H and O–H groups in total. The Morgan fingerprint density at radius 2 is 2.14 bits per heavy atom. The average molecular weight is 285 g/mol. The fourth-order valence-electron chi connectivity index (χ4n) is 2.13. The van der Waals surface area contributed by atoms with Crippen LogP contribution in [0.15, 0.2) is 39.7 Å². The molecule has 0 aliphatic rings. The number of nitrogens with two attached hydrogens (primary N) is 1.